The molecule has 0 spiro atoms. The number of urea groups is 1. The normalized spacial score (nSPS) is 13.2. The SMILES string of the molecule is O=C(CSc1nnc(-c2ccccc2F)n1-c1ccccc1)OCC(=O)N1CCNC1=O. The minimum absolute atomic E-state index is 0.151. The van der Waals surface area contributed by atoms with Crippen molar-refractivity contribution < 1.29 is 23.5 Å². The van der Waals surface area contributed by atoms with Gasteiger partial charge in [0.05, 0.1) is 11.3 Å². The number of thioether (sulfide) groups is 1. The fraction of sp³-hybridized carbons (Fsp3) is 0.190. The first kappa shape index (κ1) is 21.5. The van der Waals surface area contributed by atoms with Crippen molar-refractivity contribution in [1.29, 1.82) is 0 Å². The molecule has 11 heteroatoms. The number of nitrogens with zero attached hydrogens (tertiary/aromatic N) is 4. The summed E-state index contributed by atoms with van der Waals surface area (Å²) in [6.45, 7) is 0.0789. The third-order valence-corrected chi connectivity index (χ3v) is 5.50. The van der Waals surface area contributed by atoms with Crippen molar-refractivity contribution in [3.05, 3.63) is 60.4 Å². The average Bonchev–Trinajstić information content (AvgIpc) is 3.43. The Labute approximate surface area is 186 Å². The molecule has 3 aromatic rings. The highest BCUT2D eigenvalue weighted by Crippen LogP contribution is 2.29. The summed E-state index contributed by atoms with van der Waals surface area (Å²) in [5.41, 5.74) is 0.967. The Kier molecular flexibility index (Phi) is 6.45. The number of para-hydroxylation sites is 1. The molecule has 0 bridgehead atoms. The van der Waals surface area contributed by atoms with Gasteiger partial charge in [-0.2, -0.15) is 0 Å². The molecule has 9 nitrogen and oxygen atoms in total. The second kappa shape index (κ2) is 9.60. The summed E-state index contributed by atoms with van der Waals surface area (Å²) in [7, 11) is 0. The topological polar surface area (TPSA) is 106 Å². The van der Waals surface area contributed by atoms with Gasteiger partial charge in [0.15, 0.2) is 17.6 Å². The van der Waals surface area contributed by atoms with Crippen LogP contribution in [0.3, 0.4) is 0 Å². The quantitative estimate of drug-likeness (QED) is 0.430. The summed E-state index contributed by atoms with van der Waals surface area (Å²) in [4.78, 5) is 36.6. The van der Waals surface area contributed by atoms with Gasteiger partial charge < -0.3 is 10.1 Å². The predicted molar refractivity (Wildman–Crippen MR) is 114 cm³/mol. The van der Waals surface area contributed by atoms with Gasteiger partial charge in [-0.25, -0.2) is 9.18 Å². The summed E-state index contributed by atoms with van der Waals surface area (Å²) < 4.78 is 21.0. The predicted octanol–water partition coefficient (Wildman–Crippen LogP) is 2.26. The van der Waals surface area contributed by atoms with Crippen LogP contribution in [0.4, 0.5) is 9.18 Å². The van der Waals surface area contributed by atoms with E-state index < -0.39 is 30.3 Å². The number of nitrogens with one attached hydrogen (secondary N) is 1. The molecule has 0 aliphatic carbocycles. The number of hydrogen-bond acceptors (Lipinski definition) is 7. The molecule has 0 unspecified atom stereocenters. The molecule has 1 saturated heterocycles. The van der Waals surface area contributed by atoms with Crippen LogP contribution in [0.2, 0.25) is 0 Å². The fourth-order valence-corrected chi connectivity index (χ4v) is 3.83. The van der Waals surface area contributed by atoms with Crippen molar-refractivity contribution in [1.82, 2.24) is 25.0 Å². The van der Waals surface area contributed by atoms with Gasteiger partial charge in [0.1, 0.15) is 5.82 Å². The van der Waals surface area contributed by atoms with E-state index in [4.69, 9.17) is 4.74 Å². The first-order valence-corrected chi connectivity index (χ1v) is 10.7. The van der Waals surface area contributed by atoms with Gasteiger partial charge in [0.25, 0.3) is 5.91 Å². The molecule has 32 heavy (non-hydrogen) atoms. The smallest absolute Gasteiger partial charge is 0.324 e. The molecule has 1 aliphatic heterocycles. The lowest BCUT2D eigenvalue weighted by Crippen LogP contribution is -2.37. The Bertz CT molecular complexity index is 1150. The first-order valence-electron chi connectivity index (χ1n) is 9.67. The van der Waals surface area contributed by atoms with E-state index in [-0.39, 0.29) is 17.9 Å². The summed E-state index contributed by atoms with van der Waals surface area (Å²) in [5.74, 6) is -1.55. The molecule has 3 amide bonds. The monoisotopic (exact) mass is 455 g/mol. The number of rotatable bonds is 7. The number of carbonyl (C=O) groups is 3. The van der Waals surface area contributed by atoms with Crippen molar-refractivity contribution >= 4 is 29.7 Å². The van der Waals surface area contributed by atoms with Gasteiger partial charge in [-0.05, 0) is 24.3 Å². The molecule has 4 rings (SSSR count). The largest absolute Gasteiger partial charge is 0.455 e. The summed E-state index contributed by atoms with van der Waals surface area (Å²) in [6, 6.07) is 14.8. The van der Waals surface area contributed by atoms with Crippen LogP contribution in [0.25, 0.3) is 17.1 Å². The molecule has 0 atom stereocenters. The Morgan fingerprint density at radius 3 is 2.56 bits per heavy atom. The highest BCUT2D eigenvalue weighted by molar-refractivity contribution is 7.99. The number of esters is 1. The van der Waals surface area contributed by atoms with E-state index in [1.54, 1.807) is 22.8 Å². The molecule has 1 aromatic heterocycles. The summed E-state index contributed by atoms with van der Waals surface area (Å²) >= 11 is 1.04. The van der Waals surface area contributed by atoms with Crippen molar-refractivity contribution in [2.24, 2.45) is 0 Å². The molecule has 0 radical (unpaired) electrons. The van der Waals surface area contributed by atoms with Gasteiger partial charge in [0, 0.05) is 18.8 Å². The first-order chi connectivity index (χ1) is 15.5. The molecule has 1 aliphatic rings. The summed E-state index contributed by atoms with van der Waals surface area (Å²) in [5, 5.41) is 11.1. The van der Waals surface area contributed by atoms with E-state index in [0.717, 1.165) is 16.7 Å². The van der Waals surface area contributed by atoms with Crippen molar-refractivity contribution in [3.8, 4) is 17.1 Å². The third-order valence-electron chi connectivity index (χ3n) is 4.60. The molecule has 164 valence electrons. The molecular weight excluding hydrogens is 437 g/mol. The number of hydrogen-bond donors (Lipinski definition) is 1. The van der Waals surface area contributed by atoms with Crippen LogP contribution in [0.1, 0.15) is 0 Å². The molecule has 1 fully saturated rings. The van der Waals surface area contributed by atoms with Gasteiger partial charge in [-0.3, -0.25) is 19.1 Å². The molecule has 2 heterocycles. The lowest BCUT2D eigenvalue weighted by molar-refractivity contribution is -0.148. The zero-order chi connectivity index (χ0) is 22.5. The molecular formula is C21H18FN5O4S. The highest BCUT2D eigenvalue weighted by atomic mass is 32.2. The number of imide groups is 1. The van der Waals surface area contributed by atoms with E-state index in [1.165, 1.54) is 6.07 Å². The van der Waals surface area contributed by atoms with E-state index in [9.17, 15) is 18.8 Å². The van der Waals surface area contributed by atoms with Crippen LogP contribution in [0, 0.1) is 5.82 Å². The van der Waals surface area contributed by atoms with E-state index in [2.05, 4.69) is 15.5 Å². The minimum Gasteiger partial charge on any atom is -0.455 e. The highest BCUT2D eigenvalue weighted by Gasteiger charge is 2.27. The van der Waals surface area contributed by atoms with Gasteiger partial charge in [0.2, 0.25) is 0 Å². The molecule has 0 saturated carbocycles. The molecule has 1 N–H and O–H groups in total. The van der Waals surface area contributed by atoms with Crippen molar-refractivity contribution in [2.75, 3.05) is 25.4 Å². The number of ether oxygens (including phenoxy) is 1. The van der Waals surface area contributed by atoms with Crippen LogP contribution in [-0.2, 0) is 14.3 Å². The van der Waals surface area contributed by atoms with Gasteiger partial charge in [-0.1, -0.05) is 42.1 Å². The van der Waals surface area contributed by atoms with E-state index in [1.807, 2.05) is 30.3 Å². The van der Waals surface area contributed by atoms with Crippen LogP contribution in [-0.4, -0.2) is 63.0 Å². The van der Waals surface area contributed by atoms with Gasteiger partial charge in [-0.15, -0.1) is 10.2 Å². The zero-order valence-corrected chi connectivity index (χ0v) is 17.5. The van der Waals surface area contributed by atoms with Crippen molar-refractivity contribution in [3.63, 3.8) is 0 Å². The Morgan fingerprint density at radius 1 is 1.09 bits per heavy atom. The maximum Gasteiger partial charge on any atom is 0.324 e. The second-order valence-corrected chi connectivity index (χ2v) is 7.63. The lowest BCUT2D eigenvalue weighted by Gasteiger charge is -2.12. The number of carbonyl (C=O) groups excluding carboxylic acids is 3. The summed E-state index contributed by atoms with van der Waals surface area (Å²) in [6.07, 6.45) is 0. The number of amides is 3. The molecule has 2 aromatic carbocycles. The minimum atomic E-state index is -0.655. The number of aromatic nitrogens is 3. The van der Waals surface area contributed by atoms with Crippen LogP contribution in [0.5, 0.6) is 0 Å². The Balaban J connectivity index is 1.48. The third kappa shape index (κ3) is 4.62. The lowest BCUT2D eigenvalue weighted by atomic mass is 10.2. The fourth-order valence-electron chi connectivity index (χ4n) is 3.09. The second-order valence-electron chi connectivity index (χ2n) is 6.68. The Hall–Kier alpha value is -3.73. The number of halogens is 1. The van der Waals surface area contributed by atoms with Crippen LogP contribution >= 0.6 is 11.8 Å². The maximum absolute atomic E-state index is 14.4. The number of benzene rings is 2. The Morgan fingerprint density at radius 2 is 1.84 bits per heavy atom. The van der Waals surface area contributed by atoms with Crippen molar-refractivity contribution in [2.45, 2.75) is 5.16 Å². The average molecular weight is 455 g/mol. The van der Waals surface area contributed by atoms with E-state index in [0.29, 0.717) is 23.2 Å². The van der Waals surface area contributed by atoms with Crippen LogP contribution in [0.15, 0.2) is 59.8 Å². The maximum atomic E-state index is 14.4. The van der Waals surface area contributed by atoms with Crippen LogP contribution < -0.4 is 5.32 Å². The standard InChI is InChI=1S/C21H18FN5O4S/c22-16-9-5-4-8-15(16)19-24-25-21(27(19)14-6-2-1-3-7-14)32-13-18(29)31-12-17(28)26-11-10-23-20(26)30/h1-9H,10-13H2,(H,23,30). The zero-order valence-electron chi connectivity index (χ0n) is 16.7. The van der Waals surface area contributed by atoms with E-state index >= 15 is 0 Å². The van der Waals surface area contributed by atoms with Gasteiger partial charge >= 0.3 is 12.0 Å².